The zero-order valence-electron chi connectivity index (χ0n) is 36.1. The van der Waals surface area contributed by atoms with E-state index in [4.69, 9.17) is 14.6 Å². The predicted octanol–water partition coefficient (Wildman–Crippen LogP) is 3.11. The Balaban J connectivity index is 0.00000191. The summed E-state index contributed by atoms with van der Waals surface area (Å²) >= 11 is 0.921. The molecule has 0 saturated carbocycles. The summed E-state index contributed by atoms with van der Waals surface area (Å²) in [6, 6.07) is 12.1. The first-order valence-corrected chi connectivity index (χ1v) is 21.1. The zero-order chi connectivity index (χ0) is 48.9. The van der Waals surface area contributed by atoms with Crippen molar-refractivity contribution in [1.82, 2.24) is 30.7 Å². The van der Waals surface area contributed by atoms with E-state index < -0.39 is 83.9 Å². The third-order valence-electron chi connectivity index (χ3n) is 9.51. The van der Waals surface area contributed by atoms with Crippen LogP contribution in [-0.2, 0) is 40.0 Å². The van der Waals surface area contributed by atoms with Crippen LogP contribution >= 0.6 is 11.8 Å². The predicted molar refractivity (Wildman–Crippen MR) is 229 cm³/mol. The van der Waals surface area contributed by atoms with E-state index in [1.54, 1.807) is 19.3 Å². The molecule has 0 fully saturated rings. The molecule has 2 aromatic carbocycles. The van der Waals surface area contributed by atoms with E-state index in [9.17, 15) is 56.9 Å². The highest BCUT2D eigenvalue weighted by Gasteiger charge is 2.38. The van der Waals surface area contributed by atoms with Crippen molar-refractivity contribution in [3.63, 3.8) is 0 Å². The Hall–Kier alpha value is -5.62. The van der Waals surface area contributed by atoms with E-state index >= 15 is 4.39 Å². The second-order valence-electron chi connectivity index (χ2n) is 14.6. The normalized spacial score (nSPS) is 13.2. The van der Waals surface area contributed by atoms with E-state index in [1.807, 2.05) is 48.7 Å². The third kappa shape index (κ3) is 18.8. The quantitative estimate of drug-likeness (QED) is 0.0426. The van der Waals surface area contributed by atoms with Gasteiger partial charge in [-0.15, -0.1) is 11.8 Å². The molecule has 0 spiro atoms. The van der Waals surface area contributed by atoms with E-state index in [1.165, 1.54) is 11.9 Å². The van der Waals surface area contributed by atoms with Crippen molar-refractivity contribution in [3.8, 4) is 11.1 Å². The van der Waals surface area contributed by atoms with Crippen LogP contribution in [-0.4, -0.2) is 148 Å². The zero-order valence-corrected chi connectivity index (χ0v) is 36.9. The van der Waals surface area contributed by atoms with Crippen molar-refractivity contribution in [1.29, 1.82) is 0 Å². The van der Waals surface area contributed by atoms with E-state index in [2.05, 4.69) is 21.3 Å². The van der Waals surface area contributed by atoms with Gasteiger partial charge in [-0.1, -0.05) is 44.2 Å². The van der Waals surface area contributed by atoms with Crippen LogP contribution in [0.15, 0.2) is 60.8 Å². The number of carbonyl (C=O) groups is 6. The lowest BCUT2D eigenvalue weighted by atomic mass is 9.96. The number of likely N-dealkylation sites (N-methyl/N-ethyl adjacent to an activating group) is 2. The fourth-order valence-corrected chi connectivity index (χ4v) is 7.54. The van der Waals surface area contributed by atoms with Crippen LogP contribution in [0.4, 0.5) is 22.0 Å². The number of aliphatic hydroxyl groups excluding tert-OH is 1. The number of amides is 3. The average Bonchev–Trinajstić information content (AvgIpc) is 3.65. The number of nitrogens with zero attached hydrogens (tertiary/aromatic N) is 2. The smallest absolute Gasteiger partial charge is 0.481 e. The summed E-state index contributed by atoms with van der Waals surface area (Å²) in [6.07, 6.45) is -3.70. The average molecular weight is 947 g/mol. The first kappa shape index (κ1) is 55.5. The van der Waals surface area contributed by atoms with Crippen LogP contribution in [0.5, 0.6) is 0 Å². The monoisotopic (exact) mass is 946 g/mol. The Morgan fingerprint density at radius 2 is 1.46 bits per heavy atom. The number of hydrogen-bond donors (Lipinski definition) is 8. The number of benzene rings is 2. The minimum absolute atomic E-state index is 0.0147. The number of aromatic nitrogens is 1. The number of rotatable bonds is 26. The number of nitrogens with one attached hydrogen (secondary N) is 4. The number of alkyl halides is 3. The van der Waals surface area contributed by atoms with Crippen molar-refractivity contribution < 1.29 is 75.9 Å². The summed E-state index contributed by atoms with van der Waals surface area (Å²) in [6.45, 7) is 3.77. The lowest BCUT2D eigenvalue weighted by Crippen LogP contribution is -2.47. The van der Waals surface area contributed by atoms with Crippen molar-refractivity contribution in [2.45, 2.75) is 62.8 Å². The Kier molecular flexibility index (Phi) is 23.6. The van der Waals surface area contributed by atoms with Gasteiger partial charge in [0.2, 0.25) is 17.7 Å². The second-order valence-corrected chi connectivity index (χ2v) is 15.8. The number of aliphatic carboxylic acids is 3. The van der Waals surface area contributed by atoms with Gasteiger partial charge in [0.05, 0.1) is 37.0 Å². The number of carboxylic acids is 3. The van der Waals surface area contributed by atoms with E-state index in [0.29, 0.717) is 17.8 Å². The van der Waals surface area contributed by atoms with Crippen molar-refractivity contribution in [2.24, 2.45) is 5.92 Å². The molecule has 65 heavy (non-hydrogen) atoms. The molecule has 0 bridgehead atoms. The van der Waals surface area contributed by atoms with Gasteiger partial charge in [0.15, 0.2) is 0 Å². The van der Waals surface area contributed by atoms with Gasteiger partial charge in [-0.3, -0.25) is 24.0 Å². The topological polar surface area (TPSA) is 249 Å². The highest BCUT2D eigenvalue weighted by Crippen LogP contribution is 2.35. The lowest BCUT2D eigenvalue weighted by molar-refractivity contribution is -0.192. The molecule has 23 heteroatoms. The van der Waals surface area contributed by atoms with Gasteiger partial charge in [-0.05, 0) is 56.3 Å². The van der Waals surface area contributed by atoms with Gasteiger partial charge in [0, 0.05) is 54.9 Å². The molecular formula is C42H55F5N6O11S. The summed E-state index contributed by atoms with van der Waals surface area (Å²) in [7, 11) is 3.05. The summed E-state index contributed by atoms with van der Waals surface area (Å²) in [5.41, 5.74) is 2.05. The molecule has 4 unspecified atom stereocenters. The lowest BCUT2D eigenvalue weighted by Gasteiger charge is -2.36. The fraction of sp³-hybridized carbons (Fsp3) is 0.476. The number of halogens is 5. The number of carbonyl (C=O) groups excluding carboxylic acids is 3. The summed E-state index contributed by atoms with van der Waals surface area (Å²) in [5, 5.41) is 45.5. The first-order valence-electron chi connectivity index (χ1n) is 20.1. The number of aliphatic hydroxyl groups is 1. The maximum absolute atomic E-state index is 15.0. The minimum atomic E-state index is -5.08. The number of carboxylic acid groups (broad SMARTS) is 3. The molecule has 1 aromatic heterocycles. The molecule has 0 saturated heterocycles. The van der Waals surface area contributed by atoms with Gasteiger partial charge < -0.3 is 55.9 Å². The largest absolute Gasteiger partial charge is 0.490 e. The van der Waals surface area contributed by atoms with Crippen molar-refractivity contribution in [2.75, 3.05) is 59.3 Å². The molecule has 3 rings (SSSR count). The summed E-state index contributed by atoms with van der Waals surface area (Å²) < 4.78 is 68.4. The van der Waals surface area contributed by atoms with Crippen LogP contribution in [0.1, 0.15) is 44.0 Å². The van der Waals surface area contributed by atoms with Crippen LogP contribution in [0, 0.1) is 17.6 Å². The maximum atomic E-state index is 15.0. The van der Waals surface area contributed by atoms with Crippen LogP contribution in [0.25, 0.3) is 11.1 Å². The highest BCUT2D eigenvalue weighted by atomic mass is 32.2. The van der Waals surface area contributed by atoms with Crippen LogP contribution < -0.4 is 21.3 Å². The van der Waals surface area contributed by atoms with Gasteiger partial charge >= 0.3 is 24.1 Å². The highest BCUT2D eigenvalue weighted by molar-refractivity contribution is 8.00. The number of ether oxygens (including phenoxy) is 1. The van der Waals surface area contributed by atoms with Crippen LogP contribution in [0.2, 0.25) is 0 Å². The Morgan fingerprint density at radius 1 is 0.862 bits per heavy atom. The molecule has 3 amide bonds. The van der Waals surface area contributed by atoms with Crippen molar-refractivity contribution in [3.05, 3.63) is 83.7 Å². The van der Waals surface area contributed by atoms with Gasteiger partial charge in [0.25, 0.3) is 0 Å². The van der Waals surface area contributed by atoms with Gasteiger partial charge in [-0.2, -0.15) is 13.2 Å². The standard InChI is InChI=1S/C40H54F2N6O9S.C2HF3O2/c1-25(2)37(33-18-27(29-19-28(41)10-11-30(29)42)22-47(33)21-26-8-6-5-7-9-26)48(35(50)23-49)15-12-31(43-3)38(53)45-13-16-57-17-14-46-39(54)34(20-36(51)52)58-24-32(44-4)40(55)56;3-2(4,5)1(6)7/h5-11,18-19,22,25,31-32,34,37,43-44,49H,12-17,20-21,23-24H2,1-4H3,(H,45,53)(H,46,54)(H,51,52)(H,55,56);(H,6,7). The molecular weight excluding hydrogens is 892 g/mol. The first-order chi connectivity index (χ1) is 30.6. The molecule has 360 valence electrons. The Morgan fingerprint density at radius 3 is 1.98 bits per heavy atom. The third-order valence-corrected chi connectivity index (χ3v) is 10.8. The Labute approximate surface area is 376 Å². The molecule has 3 aromatic rings. The fourth-order valence-electron chi connectivity index (χ4n) is 6.31. The van der Waals surface area contributed by atoms with E-state index in [-0.39, 0.29) is 62.4 Å². The molecule has 0 aliphatic carbocycles. The Bertz CT molecular complexity index is 2030. The van der Waals surface area contributed by atoms with Gasteiger partial charge in [0.1, 0.15) is 24.3 Å². The van der Waals surface area contributed by atoms with E-state index in [0.717, 1.165) is 35.5 Å². The minimum Gasteiger partial charge on any atom is -0.481 e. The molecule has 0 aliphatic heterocycles. The van der Waals surface area contributed by atoms with Crippen molar-refractivity contribution >= 4 is 47.4 Å². The number of thioether (sulfide) groups is 1. The maximum Gasteiger partial charge on any atom is 0.490 e. The molecule has 1 heterocycles. The molecule has 17 nitrogen and oxygen atoms in total. The molecule has 8 N–H and O–H groups in total. The molecule has 4 atom stereocenters. The van der Waals surface area contributed by atoms with Crippen LogP contribution in [0.3, 0.4) is 0 Å². The summed E-state index contributed by atoms with van der Waals surface area (Å²) in [4.78, 5) is 72.1. The molecule has 0 aliphatic rings. The van der Waals surface area contributed by atoms with Gasteiger partial charge in [-0.25, -0.2) is 13.6 Å². The molecule has 0 radical (unpaired) electrons. The summed E-state index contributed by atoms with van der Waals surface area (Å²) in [5.74, 6) is -8.03. The second kappa shape index (κ2) is 27.6. The number of hydrogen-bond acceptors (Lipinski definition) is 11. The SMILES string of the molecule is CNC(CSC(CC(=O)O)C(=O)NCCOCCNC(=O)C(CCN(C(=O)CO)C(c1cc(-c2cc(F)ccc2F)cn1Cc1ccccc1)C(C)C)NC)C(=O)O.O=C(O)C(F)(F)F.